The zero-order valence-corrected chi connectivity index (χ0v) is 11.7. The van der Waals surface area contributed by atoms with Gasteiger partial charge in [0, 0.05) is 25.3 Å². The Morgan fingerprint density at radius 2 is 2.15 bits per heavy atom. The molecular weight excluding hydrogens is 258 g/mol. The Bertz CT molecular complexity index is 518. The van der Waals surface area contributed by atoms with Gasteiger partial charge in [0.15, 0.2) is 0 Å². The first-order valence-corrected chi connectivity index (χ1v) is 6.68. The Kier molecular flexibility index (Phi) is 4.34. The number of likely N-dealkylation sites (N-methyl/N-ethyl adjacent to an activating group) is 1. The number of aromatic carboxylic acids is 1. The van der Waals surface area contributed by atoms with Crippen LogP contribution >= 0.6 is 0 Å². The molecule has 108 valence electrons. The van der Waals surface area contributed by atoms with Crippen molar-refractivity contribution in [2.75, 3.05) is 26.7 Å². The summed E-state index contributed by atoms with van der Waals surface area (Å²) in [6, 6.07) is 2.98. The van der Waals surface area contributed by atoms with Crippen LogP contribution in [0.3, 0.4) is 0 Å². The van der Waals surface area contributed by atoms with E-state index in [9.17, 15) is 9.59 Å². The first kappa shape index (κ1) is 14.5. The molecule has 1 aliphatic rings. The molecule has 2 heterocycles. The monoisotopic (exact) mass is 277 g/mol. The molecule has 1 atom stereocenters. The van der Waals surface area contributed by atoms with Crippen LogP contribution in [-0.4, -0.2) is 64.5 Å². The Morgan fingerprint density at radius 3 is 2.85 bits per heavy atom. The average molecular weight is 277 g/mol. The van der Waals surface area contributed by atoms with Gasteiger partial charge in [0.2, 0.25) is 0 Å². The smallest absolute Gasteiger partial charge is 0.338 e. The summed E-state index contributed by atoms with van der Waals surface area (Å²) in [5.41, 5.74) is -0.0151. The van der Waals surface area contributed by atoms with E-state index < -0.39 is 5.97 Å². The molecule has 0 saturated carbocycles. The van der Waals surface area contributed by atoms with E-state index in [2.05, 4.69) is 9.88 Å². The van der Waals surface area contributed by atoms with E-state index in [1.807, 2.05) is 14.0 Å². The van der Waals surface area contributed by atoms with Crippen LogP contribution in [0, 0.1) is 0 Å². The van der Waals surface area contributed by atoms with Crippen LogP contribution in [0.25, 0.3) is 0 Å². The Balaban J connectivity index is 2.29. The molecule has 1 aliphatic heterocycles. The second kappa shape index (κ2) is 6.00. The molecule has 1 amide bonds. The minimum absolute atomic E-state index is 0.0244. The number of carbonyl (C=O) groups is 2. The maximum absolute atomic E-state index is 12.6. The molecule has 0 radical (unpaired) electrons. The fourth-order valence-electron chi connectivity index (χ4n) is 2.56. The van der Waals surface area contributed by atoms with Crippen molar-refractivity contribution >= 4 is 11.9 Å². The third-order valence-corrected chi connectivity index (χ3v) is 3.55. The van der Waals surface area contributed by atoms with Crippen LogP contribution in [0.5, 0.6) is 0 Å². The number of hydrogen-bond donors (Lipinski definition) is 1. The lowest BCUT2D eigenvalue weighted by Crippen LogP contribution is -2.42. The van der Waals surface area contributed by atoms with Gasteiger partial charge in [0.1, 0.15) is 5.69 Å². The summed E-state index contributed by atoms with van der Waals surface area (Å²) in [4.78, 5) is 31.6. The van der Waals surface area contributed by atoms with Crippen molar-refractivity contribution < 1.29 is 14.7 Å². The van der Waals surface area contributed by atoms with Gasteiger partial charge in [-0.3, -0.25) is 9.78 Å². The minimum Gasteiger partial charge on any atom is -0.478 e. The number of nitrogens with zero attached hydrogens (tertiary/aromatic N) is 3. The van der Waals surface area contributed by atoms with Gasteiger partial charge < -0.3 is 14.9 Å². The van der Waals surface area contributed by atoms with E-state index >= 15 is 0 Å². The van der Waals surface area contributed by atoms with Crippen LogP contribution in [0.1, 0.15) is 34.2 Å². The molecule has 6 heteroatoms. The molecule has 2 rings (SSSR count). The van der Waals surface area contributed by atoms with Crippen molar-refractivity contribution in [3.63, 3.8) is 0 Å². The standard InChI is InChI=1S/C14H19N3O3/c1-10-9-16(2)7-4-8-17(10)13(18)12-11(14(19)20)5-3-6-15-12/h3,5-6,10H,4,7-9H2,1-2H3,(H,19,20). The number of pyridine rings is 1. The van der Waals surface area contributed by atoms with E-state index in [-0.39, 0.29) is 23.2 Å². The average Bonchev–Trinajstić information content (AvgIpc) is 2.58. The number of carboxylic acid groups (broad SMARTS) is 1. The van der Waals surface area contributed by atoms with E-state index in [1.165, 1.54) is 18.3 Å². The molecule has 1 saturated heterocycles. The van der Waals surface area contributed by atoms with Gasteiger partial charge in [0.05, 0.1) is 5.56 Å². The molecule has 1 aromatic heterocycles. The molecule has 20 heavy (non-hydrogen) atoms. The van der Waals surface area contributed by atoms with Crippen molar-refractivity contribution in [1.82, 2.24) is 14.8 Å². The molecule has 0 bridgehead atoms. The number of rotatable bonds is 2. The topological polar surface area (TPSA) is 73.7 Å². The predicted octanol–water partition coefficient (Wildman–Crippen LogP) is 0.946. The third kappa shape index (κ3) is 2.96. The van der Waals surface area contributed by atoms with Crippen molar-refractivity contribution in [3.8, 4) is 0 Å². The lowest BCUT2D eigenvalue weighted by molar-refractivity contribution is 0.0649. The summed E-state index contributed by atoms with van der Waals surface area (Å²) in [6.45, 7) is 4.31. The number of hydrogen-bond acceptors (Lipinski definition) is 4. The first-order chi connectivity index (χ1) is 9.50. The molecule has 1 aromatic rings. The first-order valence-electron chi connectivity index (χ1n) is 6.68. The Labute approximate surface area is 118 Å². The van der Waals surface area contributed by atoms with Crippen molar-refractivity contribution in [2.45, 2.75) is 19.4 Å². The fourth-order valence-corrected chi connectivity index (χ4v) is 2.56. The summed E-state index contributed by atoms with van der Waals surface area (Å²) in [6.07, 6.45) is 2.33. The zero-order chi connectivity index (χ0) is 14.7. The molecule has 1 N–H and O–H groups in total. The maximum Gasteiger partial charge on any atom is 0.338 e. The third-order valence-electron chi connectivity index (χ3n) is 3.55. The number of aromatic nitrogens is 1. The highest BCUT2D eigenvalue weighted by molar-refractivity contribution is 6.03. The molecule has 0 spiro atoms. The van der Waals surface area contributed by atoms with Gasteiger partial charge in [-0.1, -0.05) is 0 Å². The highest BCUT2D eigenvalue weighted by atomic mass is 16.4. The van der Waals surface area contributed by atoms with Crippen LogP contribution in [-0.2, 0) is 0 Å². The summed E-state index contributed by atoms with van der Waals surface area (Å²) < 4.78 is 0. The van der Waals surface area contributed by atoms with Crippen molar-refractivity contribution in [1.29, 1.82) is 0 Å². The highest BCUT2D eigenvalue weighted by Crippen LogP contribution is 2.15. The van der Waals surface area contributed by atoms with Crippen LogP contribution in [0.2, 0.25) is 0 Å². The molecule has 6 nitrogen and oxygen atoms in total. The quantitative estimate of drug-likeness (QED) is 0.871. The van der Waals surface area contributed by atoms with Crippen LogP contribution < -0.4 is 0 Å². The van der Waals surface area contributed by atoms with E-state index in [1.54, 1.807) is 4.90 Å². The lowest BCUT2D eigenvalue weighted by Gasteiger charge is -2.28. The summed E-state index contributed by atoms with van der Waals surface area (Å²) in [5, 5.41) is 9.16. The van der Waals surface area contributed by atoms with Gasteiger partial charge in [-0.2, -0.15) is 0 Å². The second-order valence-electron chi connectivity index (χ2n) is 5.17. The lowest BCUT2D eigenvalue weighted by atomic mass is 10.1. The minimum atomic E-state index is -1.12. The van der Waals surface area contributed by atoms with E-state index in [0.717, 1.165) is 19.5 Å². The van der Waals surface area contributed by atoms with Crippen LogP contribution in [0.4, 0.5) is 0 Å². The van der Waals surface area contributed by atoms with Gasteiger partial charge in [-0.25, -0.2) is 4.79 Å². The van der Waals surface area contributed by atoms with Crippen molar-refractivity contribution in [2.24, 2.45) is 0 Å². The van der Waals surface area contributed by atoms with E-state index in [0.29, 0.717) is 6.54 Å². The molecule has 0 aromatic carbocycles. The number of carboxylic acids is 1. The van der Waals surface area contributed by atoms with E-state index in [4.69, 9.17) is 5.11 Å². The highest BCUT2D eigenvalue weighted by Gasteiger charge is 2.28. The SMILES string of the molecule is CC1CN(C)CCCN1C(=O)c1ncccc1C(=O)O. The molecule has 1 fully saturated rings. The summed E-state index contributed by atoms with van der Waals surface area (Å²) in [5.74, 6) is -1.42. The second-order valence-corrected chi connectivity index (χ2v) is 5.17. The van der Waals surface area contributed by atoms with Gasteiger partial charge in [-0.15, -0.1) is 0 Å². The number of amides is 1. The zero-order valence-electron chi connectivity index (χ0n) is 11.7. The number of carbonyl (C=O) groups excluding carboxylic acids is 1. The normalized spacial score (nSPS) is 20.5. The summed E-state index contributed by atoms with van der Waals surface area (Å²) >= 11 is 0. The fraction of sp³-hybridized carbons (Fsp3) is 0.500. The predicted molar refractivity (Wildman–Crippen MR) is 73.8 cm³/mol. The van der Waals surface area contributed by atoms with Crippen LogP contribution in [0.15, 0.2) is 18.3 Å². The van der Waals surface area contributed by atoms with Crippen molar-refractivity contribution in [3.05, 3.63) is 29.6 Å². The Morgan fingerprint density at radius 1 is 1.40 bits per heavy atom. The molecule has 0 aliphatic carbocycles. The molecule has 1 unspecified atom stereocenters. The Hall–Kier alpha value is -1.95. The maximum atomic E-state index is 12.6. The summed E-state index contributed by atoms with van der Waals surface area (Å²) in [7, 11) is 2.02. The van der Waals surface area contributed by atoms with Gasteiger partial charge in [0.25, 0.3) is 5.91 Å². The van der Waals surface area contributed by atoms with Gasteiger partial charge >= 0.3 is 5.97 Å². The van der Waals surface area contributed by atoms with Gasteiger partial charge in [-0.05, 0) is 39.1 Å². The largest absolute Gasteiger partial charge is 0.478 e. The molecular formula is C14H19N3O3.